The molecule has 2 atom stereocenters. The van der Waals surface area contributed by atoms with Crippen LogP contribution in [0.15, 0.2) is 18.2 Å². The standard InChI is InChI=1S/C14H22N2O/c1-10-5-4-6-13(7-15)14(10)16-8-11(2)17-12(3)9-16/h4-6,11-12H,7-9,15H2,1-3H3/t11-,12+. The van der Waals surface area contributed by atoms with Gasteiger partial charge in [-0.15, -0.1) is 0 Å². The molecule has 94 valence electrons. The Labute approximate surface area is 104 Å². The summed E-state index contributed by atoms with van der Waals surface area (Å²) >= 11 is 0. The molecular formula is C14H22N2O. The van der Waals surface area contributed by atoms with Crippen molar-refractivity contribution >= 4 is 5.69 Å². The fourth-order valence-corrected chi connectivity index (χ4v) is 2.70. The van der Waals surface area contributed by atoms with E-state index in [0.717, 1.165) is 13.1 Å². The van der Waals surface area contributed by atoms with Crippen LogP contribution < -0.4 is 10.6 Å². The Morgan fingerprint density at radius 3 is 2.53 bits per heavy atom. The maximum Gasteiger partial charge on any atom is 0.0726 e. The van der Waals surface area contributed by atoms with Gasteiger partial charge in [-0.1, -0.05) is 18.2 Å². The highest BCUT2D eigenvalue weighted by molar-refractivity contribution is 5.59. The Bertz CT molecular complexity index is 382. The molecule has 1 fully saturated rings. The van der Waals surface area contributed by atoms with Crippen LogP contribution in [0.25, 0.3) is 0 Å². The summed E-state index contributed by atoms with van der Waals surface area (Å²) in [6, 6.07) is 6.35. The molecule has 3 nitrogen and oxygen atoms in total. The minimum atomic E-state index is 0.281. The zero-order valence-corrected chi connectivity index (χ0v) is 10.9. The quantitative estimate of drug-likeness (QED) is 0.851. The topological polar surface area (TPSA) is 38.5 Å². The van der Waals surface area contributed by atoms with Crippen LogP contribution in [0, 0.1) is 6.92 Å². The highest BCUT2D eigenvalue weighted by Gasteiger charge is 2.24. The van der Waals surface area contributed by atoms with Crippen molar-refractivity contribution in [3.63, 3.8) is 0 Å². The summed E-state index contributed by atoms with van der Waals surface area (Å²) in [6.07, 6.45) is 0.563. The van der Waals surface area contributed by atoms with Gasteiger partial charge in [0.2, 0.25) is 0 Å². The van der Waals surface area contributed by atoms with E-state index in [9.17, 15) is 0 Å². The largest absolute Gasteiger partial charge is 0.372 e. The van der Waals surface area contributed by atoms with E-state index in [0.29, 0.717) is 6.54 Å². The van der Waals surface area contributed by atoms with Gasteiger partial charge < -0.3 is 15.4 Å². The monoisotopic (exact) mass is 234 g/mol. The van der Waals surface area contributed by atoms with Gasteiger partial charge >= 0.3 is 0 Å². The van der Waals surface area contributed by atoms with Crippen LogP contribution in [0.5, 0.6) is 0 Å². The van der Waals surface area contributed by atoms with Gasteiger partial charge in [0.1, 0.15) is 0 Å². The van der Waals surface area contributed by atoms with Crippen LogP contribution in [0.1, 0.15) is 25.0 Å². The molecule has 17 heavy (non-hydrogen) atoms. The van der Waals surface area contributed by atoms with Gasteiger partial charge in [-0.3, -0.25) is 0 Å². The molecule has 1 aromatic carbocycles. The van der Waals surface area contributed by atoms with E-state index in [2.05, 4.69) is 43.9 Å². The smallest absolute Gasteiger partial charge is 0.0726 e. The van der Waals surface area contributed by atoms with Gasteiger partial charge in [-0.05, 0) is 31.9 Å². The van der Waals surface area contributed by atoms with E-state index in [-0.39, 0.29) is 12.2 Å². The lowest BCUT2D eigenvalue weighted by Crippen LogP contribution is -2.46. The molecule has 0 saturated carbocycles. The minimum absolute atomic E-state index is 0.281. The lowest BCUT2D eigenvalue weighted by atomic mass is 10.0. The number of nitrogens with two attached hydrogens (primary N) is 1. The summed E-state index contributed by atoms with van der Waals surface area (Å²) in [4.78, 5) is 2.41. The summed E-state index contributed by atoms with van der Waals surface area (Å²) in [5.74, 6) is 0. The molecule has 1 heterocycles. The van der Waals surface area contributed by atoms with E-state index in [1.54, 1.807) is 0 Å². The van der Waals surface area contributed by atoms with Crippen molar-refractivity contribution in [2.24, 2.45) is 5.73 Å². The number of nitrogens with zero attached hydrogens (tertiary/aromatic N) is 1. The van der Waals surface area contributed by atoms with Gasteiger partial charge in [0.05, 0.1) is 12.2 Å². The van der Waals surface area contributed by atoms with Gasteiger partial charge in [0.25, 0.3) is 0 Å². The highest BCUT2D eigenvalue weighted by Crippen LogP contribution is 2.27. The Balaban J connectivity index is 2.32. The second kappa shape index (κ2) is 5.07. The lowest BCUT2D eigenvalue weighted by molar-refractivity contribution is -0.00528. The molecule has 1 aromatic rings. The summed E-state index contributed by atoms with van der Waals surface area (Å²) in [6.45, 7) is 8.90. The molecule has 0 unspecified atom stereocenters. The van der Waals surface area contributed by atoms with E-state index in [4.69, 9.17) is 10.5 Å². The third-order valence-electron chi connectivity index (χ3n) is 3.28. The number of hydrogen-bond donors (Lipinski definition) is 1. The van der Waals surface area contributed by atoms with Gasteiger partial charge in [-0.25, -0.2) is 0 Å². The first kappa shape index (κ1) is 12.4. The van der Waals surface area contributed by atoms with Crippen molar-refractivity contribution in [3.05, 3.63) is 29.3 Å². The van der Waals surface area contributed by atoms with Gasteiger partial charge in [-0.2, -0.15) is 0 Å². The van der Waals surface area contributed by atoms with Gasteiger partial charge in [0.15, 0.2) is 0 Å². The van der Waals surface area contributed by atoms with E-state index >= 15 is 0 Å². The predicted octanol–water partition coefficient (Wildman–Crippen LogP) is 2.07. The van der Waals surface area contributed by atoms with E-state index < -0.39 is 0 Å². The molecule has 0 aromatic heterocycles. The van der Waals surface area contributed by atoms with Crippen LogP contribution in [-0.4, -0.2) is 25.3 Å². The molecule has 1 aliphatic heterocycles. The Morgan fingerprint density at radius 2 is 1.94 bits per heavy atom. The molecule has 0 bridgehead atoms. The number of morpholine rings is 1. The van der Waals surface area contributed by atoms with E-state index in [1.807, 2.05) is 0 Å². The molecule has 0 radical (unpaired) electrons. The molecule has 2 N–H and O–H groups in total. The Hall–Kier alpha value is -1.06. The van der Waals surface area contributed by atoms with E-state index in [1.165, 1.54) is 16.8 Å². The van der Waals surface area contributed by atoms with Crippen molar-refractivity contribution in [2.75, 3.05) is 18.0 Å². The van der Waals surface area contributed by atoms with Crippen molar-refractivity contribution < 1.29 is 4.74 Å². The molecule has 1 saturated heterocycles. The van der Waals surface area contributed by atoms with Crippen molar-refractivity contribution in [3.8, 4) is 0 Å². The second-order valence-corrected chi connectivity index (χ2v) is 4.95. The average molecular weight is 234 g/mol. The summed E-state index contributed by atoms with van der Waals surface area (Å²) < 4.78 is 5.78. The zero-order chi connectivity index (χ0) is 12.4. The Kier molecular flexibility index (Phi) is 3.69. The molecular weight excluding hydrogens is 212 g/mol. The van der Waals surface area contributed by atoms with Crippen molar-refractivity contribution in [2.45, 2.75) is 39.5 Å². The number of hydrogen-bond acceptors (Lipinski definition) is 3. The summed E-state index contributed by atoms with van der Waals surface area (Å²) in [5.41, 5.74) is 9.67. The van der Waals surface area contributed by atoms with Crippen LogP contribution in [-0.2, 0) is 11.3 Å². The number of para-hydroxylation sites is 1. The first-order chi connectivity index (χ1) is 8.11. The number of ether oxygens (including phenoxy) is 1. The highest BCUT2D eigenvalue weighted by atomic mass is 16.5. The SMILES string of the molecule is Cc1cccc(CN)c1N1C[C@@H](C)O[C@@H](C)C1. The lowest BCUT2D eigenvalue weighted by Gasteiger charge is -2.38. The zero-order valence-electron chi connectivity index (χ0n) is 10.9. The normalized spacial score (nSPS) is 25.1. The van der Waals surface area contributed by atoms with Crippen molar-refractivity contribution in [1.29, 1.82) is 0 Å². The predicted molar refractivity (Wildman–Crippen MR) is 71.3 cm³/mol. The molecule has 0 amide bonds. The number of benzene rings is 1. The van der Waals surface area contributed by atoms with Crippen LogP contribution in [0.3, 0.4) is 0 Å². The first-order valence-electron chi connectivity index (χ1n) is 6.30. The molecule has 0 spiro atoms. The maximum atomic E-state index is 5.84. The third-order valence-corrected chi connectivity index (χ3v) is 3.28. The molecule has 2 rings (SSSR count). The molecule has 3 heteroatoms. The van der Waals surface area contributed by atoms with Crippen LogP contribution >= 0.6 is 0 Å². The number of aryl methyl sites for hydroxylation is 1. The average Bonchev–Trinajstić information content (AvgIpc) is 2.27. The number of anilines is 1. The maximum absolute atomic E-state index is 5.84. The minimum Gasteiger partial charge on any atom is -0.372 e. The fraction of sp³-hybridized carbons (Fsp3) is 0.571. The Morgan fingerprint density at radius 1 is 1.29 bits per heavy atom. The molecule has 0 aliphatic carbocycles. The van der Waals surface area contributed by atoms with Crippen LogP contribution in [0.2, 0.25) is 0 Å². The van der Waals surface area contributed by atoms with Crippen LogP contribution in [0.4, 0.5) is 5.69 Å². The second-order valence-electron chi connectivity index (χ2n) is 4.95. The fourth-order valence-electron chi connectivity index (χ4n) is 2.70. The van der Waals surface area contributed by atoms with Gasteiger partial charge in [0, 0.05) is 25.3 Å². The summed E-state index contributed by atoms with van der Waals surface area (Å²) in [7, 11) is 0. The summed E-state index contributed by atoms with van der Waals surface area (Å²) in [5, 5.41) is 0. The first-order valence-corrected chi connectivity index (χ1v) is 6.30. The molecule has 1 aliphatic rings. The van der Waals surface area contributed by atoms with Crippen molar-refractivity contribution in [1.82, 2.24) is 0 Å². The third kappa shape index (κ3) is 2.61. The number of rotatable bonds is 2.